The molecule has 1 fully saturated rings. The van der Waals surface area contributed by atoms with Crippen molar-refractivity contribution in [3.8, 4) is 5.75 Å². The molecule has 2 N–H and O–H groups in total. The number of fused-ring (bicyclic) bond motifs is 4. The molecule has 31 heavy (non-hydrogen) atoms. The van der Waals surface area contributed by atoms with Crippen LogP contribution in [-0.2, 0) is 26.7 Å². The second-order valence-electron chi connectivity index (χ2n) is 9.77. The molecule has 1 aromatic carbocycles. The van der Waals surface area contributed by atoms with E-state index in [1.807, 2.05) is 12.1 Å². The van der Waals surface area contributed by atoms with Crippen LogP contribution in [0.5, 0.6) is 5.75 Å². The highest BCUT2D eigenvalue weighted by atomic mass is 32.2. The first-order valence-electron chi connectivity index (χ1n) is 11.3. The summed E-state index contributed by atoms with van der Waals surface area (Å²) in [5.41, 5.74) is 2.75. The SMILES string of the molecule is CCCCCC(=O)CCC1(C)[C@H]2Cc3ccc(O)cc3[C@]1(C)CCN2C.CS(=O)(=O)O. The molecule has 0 amide bonds. The van der Waals surface area contributed by atoms with Crippen molar-refractivity contribution in [2.45, 2.75) is 83.6 Å². The van der Waals surface area contributed by atoms with Gasteiger partial charge < -0.3 is 10.0 Å². The molecular weight excluding hydrogens is 414 g/mol. The van der Waals surface area contributed by atoms with Crippen molar-refractivity contribution >= 4 is 15.9 Å². The van der Waals surface area contributed by atoms with Gasteiger partial charge >= 0.3 is 0 Å². The Balaban J connectivity index is 0.000000614. The van der Waals surface area contributed by atoms with Crippen LogP contribution < -0.4 is 0 Å². The number of benzene rings is 1. The van der Waals surface area contributed by atoms with Gasteiger partial charge in [0.25, 0.3) is 10.1 Å². The van der Waals surface area contributed by atoms with Gasteiger partial charge in [0, 0.05) is 24.3 Å². The van der Waals surface area contributed by atoms with Crippen LogP contribution in [0.4, 0.5) is 0 Å². The highest BCUT2D eigenvalue weighted by Gasteiger charge is 2.57. The third-order valence-electron chi connectivity index (χ3n) is 7.58. The van der Waals surface area contributed by atoms with Gasteiger partial charge in [0.1, 0.15) is 11.5 Å². The van der Waals surface area contributed by atoms with Gasteiger partial charge in [0.15, 0.2) is 0 Å². The number of rotatable bonds is 7. The van der Waals surface area contributed by atoms with Crippen molar-refractivity contribution in [3.05, 3.63) is 29.3 Å². The van der Waals surface area contributed by atoms with Crippen molar-refractivity contribution in [1.82, 2.24) is 4.90 Å². The summed E-state index contributed by atoms with van der Waals surface area (Å²) in [7, 11) is -1.43. The highest BCUT2D eigenvalue weighted by molar-refractivity contribution is 7.85. The lowest BCUT2D eigenvalue weighted by molar-refractivity contribution is -0.121. The molecule has 3 atom stereocenters. The van der Waals surface area contributed by atoms with Crippen LogP contribution in [0.2, 0.25) is 0 Å². The van der Waals surface area contributed by atoms with E-state index in [1.165, 1.54) is 11.1 Å². The number of likely N-dealkylation sites (tertiary alicyclic amines) is 1. The van der Waals surface area contributed by atoms with Gasteiger partial charge in [-0.05, 0) is 68.0 Å². The molecule has 1 aromatic rings. The second kappa shape index (κ2) is 10.0. The molecule has 6 nitrogen and oxygen atoms in total. The summed E-state index contributed by atoms with van der Waals surface area (Å²) in [6.45, 7) is 8.01. The molecule has 3 rings (SSSR count). The molecule has 2 bridgehead atoms. The molecule has 0 radical (unpaired) electrons. The molecule has 1 unspecified atom stereocenters. The molecule has 0 aromatic heterocycles. The third kappa shape index (κ3) is 6.08. The summed E-state index contributed by atoms with van der Waals surface area (Å²) in [6, 6.07) is 6.36. The van der Waals surface area contributed by atoms with Crippen molar-refractivity contribution in [1.29, 1.82) is 0 Å². The number of ketones is 1. The van der Waals surface area contributed by atoms with Crippen LogP contribution >= 0.6 is 0 Å². The first-order valence-corrected chi connectivity index (χ1v) is 13.1. The van der Waals surface area contributed by atoms with Crippen molar-refractivity contribution in [2.75, 3.05) is 19.8 Å². The Morgan fingerprint density at radius 2 is 1.87 bits per heavy atom. The maximum absolute atomic E-state index is 12.5. The van der Waals surface area contributed by atoms with Crippen LogP contribution in [0.25, 0.3) is 0 Å². The Hall–Kier alpha value is -1.44. The summed E-state index contributed by atoms with van der Waals surface area (Å²) in [6.07, 6.45) is 8.52. The number of Topliss-reactive ketones (excluding diaryl/α,β-unsaturated/α-hetero) is 1. The molecule has 0 spiro atoms. The molecule has 1 aliphatic heterocycles. The molecule has 0 saturated carbocycles. The quantitative estimate of drug-likeness (QED) is 0.471. The topological polar surface area (TPSA) is 94.9 Å². The Bertz CT molecular complexity index is 876. The van der Waals surface area contributed by atoms with E-state index in [0.29, 0.717) is 30.3 Å². The summed E-state index contributed by atoms with van der Waals surface area (Å²) < 4.78 is 25.9. The van der Waals surface area contributed by atoms with E-state index < -0.39 is 10.1 Å². The van der Waals surface area contributed by atoms with Gasteiger partial charge in [0.2, 0.25) is 0 Å². The molecule has 1 heterocycles. The Morgan fingerprint density at radius 3 is 2.48 bits per heavy atom. The van der Waals surface area contributed by atoms with E-state index in [9.17, 15) is 18.3 Å². The van der Waals surface area contributed by atoms with Gasteiger partial charge in [-0.3, -0.25) is 9.35 Å². The largest absolute Gasteiger partial charge is 0.508 e. The number of phenols is 1. The van der Waals surface area contributed by atoms with Crippen molar-refractivity contribution in [2.24, 2.45) is 5.41 Å². The maximum Gasteiger partial charge on any atom is 0.261 e. The first kappa shape index (κ1) is 25.8. The number of phenolic OH excluding ortho intramolecular Hbond substituents is 1. The lowest BCUT2D eigenvalue weighted by atomic mass is 9.49. The summed E-state index contributed by atoms with van der Waals surface area (Å²) in [4.78, 5) is 15.0. The van der Waals surface area contributed by atoms with E-state index >= 15 is 0 Å². The summed E-state index contributed by atoms with van der Waals surface area (Å²) >= 11 is 0. The Morgan fingerprint density at radius 1 is 1.23 bits per heavy atom. The number of hydrogen-bond acceptors (Lipinski definition) is 5. The number of aromatic hydroxyl groups is 1. The first-order chi connectivity index (χ1) is 14.3. The molecular formula is C24H39NO5S. The van der Waals surface area contributed by atoms with E-state index in [4.69, 9.17) is 4.55 Å². The fraction of sp³-hybridized carbons (Fsp3) is 0.708. The van der Waals surface area contributed by atoms with Gasteiger partial charge in [0.05, 0.1) is 6.26 Å². The molecule has 7 heteroatoms. The summed E-state index contributed by atoms with van der Waals surface area (Å²) in [5, 5.41) is 10.1. The zero-order valence-corrected chi connectivity index (χ0v) is 20.5. The number of unbranched alkanes of at least 4 members (excludes halogenated alkanes) is 2. The lowest BCUT2D eigenvalue weighted by Crippen LogP contribution is -2.64. The van der Waals surface area contributed by atoms with E-state index in [2.05, 4.69) is 38.8 Å². The zero-order valence-electron chi connectivity index (χ0n) is 19.6. The fourth-order valence-corrected chi connectivity index (χ4v) is 5.52. The summed E-state index contributed by atoms with van der Waals surface area (Å²) in [5.74, 6) is 0.783. The molecule has 176 valence electrons. The molecule has 1 aliphatic carbocycles. The predicted octanol–water partition coefficient (Wildman–Crippen LogP) is 4.35. The van der Waals surface area contributed by atoms with Crippen LogP contribution in [0.3, 0.4) is 0 Å². The van der Waals surface area contributed by atoms with Crippen LogP contribution in [0.1, 0.15) is 76.8 Å². The maximum atomic E-state index is 12.5. The Labute approximate surface area is 187 Å². The van der Waals surface area contributed by atoms with E-state index in [0.717, 1.165) is 51.5 Å². The van der Waals surface area contributed by atoms with Crippen molar-refractivity contribution < 1.29 is 22.9 Å². The minimum Gasteiger partial charge on any atom is -0.508 e. The van der Waals surface area contributed by atoms with Gasteiger partial charge in [-0.1, -0.05) is 39.7 Å². The standard InChI is InChI=1S/C23H35NO2.CH4O3S/c1-5-6-7-8-18(25)11-12-23(3)21-15-17-9-10-19(26)16-20(17)22(23,2)13-14-24(21)4;1-5(2,3)4/h9-10,16,21,26H,5-8,11-15H2,1-4H3;1H3,(H,2,3,4)/t21-,22+,23?;/m1./s1. The normalized spacial score (nSPS) is 27.7. The minimum absolute atomic E-state index is 0.0141. The highest BCUT2D eigenvalue weighted by Crippen LogP contribution is 2.58. The lowest BCUT2D eigenvalue weighted by Gasteiger charge is -2.62. The van der Waals surface area contributed by atoms with Crippen LogP contribution in [0.15, 0.2) is 18.2 Å². The van der Waals surface area contributed by atoms with Crippen LogP contribution in [-0.4, -0.2) is 54.7 Å². The minimum atomic E-state index is -3.67. The predicted molar refractivity (Wildman–Crippen MR) is 124 cm³/mol. The molecule has 1 saturated heterocycles. The van der Waals surface area contributed by atoms with Crippen LogP contribution in [0, 0.1) is 5.41 Å². The third-order valence-corrected chi connectivity index (χ3v) is 7.58. The zero-order chi connectivity index (χ0) is 23.4. The van der Waals surface area contributed by atoms with Gasteiger partial charge in [-0.15, -0.1) is 0 Å². The van der Waals surface area contributed by atoms with E-state index in [-0.39, 0.29) is 10.8 Å². The number of hydrogen-bond donors (Lipinski definition) is 2. The number of piperidine rings is 1. The van der Waals surface area contributed by atoms with Crippen molar-refractivity contribution in [3.63, 3.8) is 0 Å². The van der Waals surface area contributed by atoms with E-state index in [1.54, 1.807) is 0 Å². The average Bonchev–Trinajstić information content (AvgIpc) is 2.66. The number of nitrogens with zero attached hydrogens (tertiary/aromatic N) is 1. The monoisotopic (exact) mass is 453 g/mol. The fourth-order valence-electron chi connectivity index (χ4n) is 5.52. The number of carbonyl (C=O) groups excluding carboxylic acids is 1. The smallest absolute Gasteiger partial charge is 0.261 e. The second-order valence-corrected chi connectivity index (χ2v) is 11.2. The number of likely N-dealkylation sites (N-methyl/N-ethyl adjacent to an activating group) is 1. The Kier molecular flexibility index (Phi) is 8.33. The van der Waals surface area contributed by atoms with Gasteiger partial charge in [-0.25, -0.2) is 0 Å². The van der Waals surface area contributed by atoms with Gasteiger partial charge in [-0.2, -0.15) is 8.42 Å². The number of carbonyl (C=O) groups is 1. The average molecular weight is 454 g/mol. The molecule has 2 aliphatic rings.